The maximum absolute atomic E-state index is 11.6. The van der Waals surface area contributed by atoms with E-state index >= 15 is 0 Å². The van der Waals surface area contributed by atoms with Gasteiger partial charge < -0.3 is 15.4 Å². The molecule has 0 spiro atoms. The van der Waals surface area contributed by atoms with Gasteiger partial charge in [0.1, 0.15) is 0 Å². The van der Waals surface area contributed by atoms with Crippen molar-refractivity contribution in [3.63, 3.8) is 0 Å². The molecule has 1 heterocycles. The van der Waals surface area contributed by atoms with Crippen LogP contribution in [-0.4, -0.2) is 37.7 Å². The van der Waals surface area contributed by atoms with Crippen molar-refractivity contribution in [3.05, 3.63) is 0 Å². The van der Waals surface area contributed by atoms with Gasteiger partial charge in [0, 0.05) is 13.2 Å². The molecule has 14 heavy (non-hydrogen) atoms. The molecule has 80 valence electrons. The maximum Gasteiger partial charge on any atom is 0.237 e. The number of ether oxygens (including phenoxy) is 1. The fourth-order valence-corrected chi connectivity index (χ4v) is 2.09. The third kappa shape index (κ3) is 2.07. The first-order valence-electron chi connectivity index (χ1n) is 5.36. The highest BCUT2D eigenvalue weighted by Gasteiger charge is 2.32. The Kier molecular flexibility index (Phi) is 3.03. The van der Waals surface area contributed by atoms with Crippen molar-refractivity contribution in [1.82, 2.24) is 10.6 Å². The molecule has 2 fully saturated rings. The van der Waals surface area contributed by atoms with Crippen molar-refractivity contribution >= 4 is 5.91 Å². The topological polar surface area (TPSA) is 50.4 Å². The Labute approximate surface area is 84.4 Å². The van der Waals surface area contributed by atoms with E-state index in [0.717, 1.165) is 32.2 Å². The van der Waals surface area contributed by atoms with Gasteiger partial charge in [0.15, 0.2) is 0 Å². The van der Waals surface area contributed by atoms with E-state index in [2.05, 4.69) is 10.6 Å². The molecule has 2 rings (SSSR count). The molecule has 0 aromatic rings. The molecular formula is C10H18N2O2. The minimum absolute atomic E-state index is 0.0524. The lowest BCUT2D eigenvalue weighted by atomic mass is 9.89. The minimum atomic E-state index is 0.0524. The van der Waals surface area contributed by atoms with Gasteiger partial charge in [0.2, 0.25) is 5.91 Å². The monoisotopic (exact) mass is 198 g/mol. The quantitative estimate of drug-likeness (QED) is 0.673. The molecule has 0 unspecified atom stereocenters. The Morgan fingerprint density at radius 3 is 2.86 bits per heavy atom. The van der Waals surface area contributed by atoms with E-state index in [0.29, 0.717) is 12.1 Å². The van der Waals surface area contributed by atoms with Crippen LogP contribution in [0, 0.1) is 0 Å². The van der Waals surface area contributed by atoms with Gasteiger partial charge in [-0.1, -0.05) is 0 Å². The largest absolute Gasteiger partial charge is 0.381 e. The smallest absolute Gasteiger partial charge is 0.237 e. The number of methoxy groups -OCH3 is 1. The van der Waals surface area contributed by atoms with Crippen molar-refractivity contribution in [2.75, 3.05) is 13.7 Å². The van der Waals surface area contributed by atoms with E-state index in [-0.39, 0.29) is 11.9 Å². The van der Waals surface area contributed by atoms with Gasteiger partial charge in [-0.15, -0.1) is 0 Å². The van der Waals surface area contributed by atoms with Crippen LogP contribution in [-0.2, 0) is 9.53 Å². The maximum atomic E-state index is 11.6. The Balaban J connectivity index is 1.68. The van der Waals surface area contributed by atoms with Crippen molar-refractivity contribution in [2.24, 2.45) is 0 Å². The van der Waals surface area contributed by atoms with Gasteiger partial charge in [-0.25, -0.2) is 0 Å². The molecule has 4 nitrogen and oxygen atoms in total. The average molecular weight is 198 g/mol. The first-order valence-corrected chi connectivity index (χ1v) is 5.36. The summed E-state index contributed by atoms with van der Waals surface area (Å²) in [5.41, 5.74) is 0. The predicted molar refractivity (Wildman–Crippen MR) is 53.0 cm³/mol. The third-order valence-corrected chi connectivity index (χ3v) is 3.15. The standard InChI is InChI=1S/C10H18N2O2/c1-14-8-5-7(6-8)12-10(13)9-3-2-4-11-9/h7-9,11H,2-6H2,1H3,(H,12,13)/t7?,8?,9-/m1/s1. The average Bonchev–Trinajstić information content (AvgIpc) is 2.62. The molecule has 1 aliphatic carbocycles. The number of rotatable bonds is 3. The minimum Gasteiger partial charge on any atom is -0.381 e. The van der Waals surface area contributed by atoms with Crippen LogP contribution in [0.1, 0.15) is 25.7 Å². The molecule has 1 aliphatic heterocycles. The Morgan fingerprint density at radius 2 is 2.29 bits per heavy atom. The zero-order valence-electron chi connectivity index (χ0n) is 8.58. The number of carbonyl (C=O) groups is 1. The number of carbonyl (C=O) groups excluding carboxylic acids is 1. The molecular weight excluding hydrogens is 180 g/mol. The molecule has 1 atom stereocenters. The Morgan fingerprint density at radius 1 is 1.50 bits per heavy atom. The summed E-state index contributed by atoms with van der Waals surface area (Å²) >= 11 is 0. The van der Waals surface area contributed by atoms with E-state index in [1.54, 1.807) is 7.11 Å². The van der Waals surface area contributed by atoms with Crippen LogP contribution in [0.3, 0.4) is 0 Å². The van der Waals surface area contributed by atoms with E-state index < -0.39 is 0 Å². The van der Waals surface area contributed by atoms with Crippen LogP contribution in [0.2, 0.25) is 0 Å². The predicted octanol–water partition coefficient (Wildman–Crippen LogP) is 0.0320. The molecule has 1 saturated heterocycles. The van der Waals surface area contributed by atoms with Crippen molar-refractivity contribution in [3.8, 4) is 0 Å². The van der Waals surface area contributed by atoms with E-state index in [1.165, 1.54) is 0 Å². The summed E-state index contributed by atoms with van der Waals surface area (Å²) in [4.78, 5) is 11.6. The van der Waals surface area contributed by atoms with Crippen LogP contribution >= 0.6 is 0 Å². The van der Waals surface area contributed by atoms with Gasteiger partial charge >= 0.3 is 0 Å². The highest BCUT2D eigenvalue weighted by molar-refractivity contribution is 5.82. The number of nitrogens with one attached hydrogen (secondary N) is 2. The normalized spacial score (nSPS) is 36.5. The SMILES string of the molecule is COC1CC(NC(=O)[C@H]2CCCN2)C1. The van der Waals surface area contributed by atoms with E-state index in [1.807, 2.05) is 0 Å². The first-order chi connectivity index (χ1) is 6.79. The Bertz CT molecular complexity index is 208. The molecule has 4 heteroatoms. The highest BCUT2D eigenvalue weighted by Crippen LogP contribution is 2.22. The van der Waals surface area contributed by atoms with Crippen LogP contribution in [0.5, 0.6) is 0 Å². The van der Waals surface area contributed by atoms with Gasteiger partial charge in [0.25, 0.3) is 0 Å². The molecule has 0 aromatic carbocycles. The number of hydrogen-bond acceptors (Lipinski definition) is 3. The van der Waals surface area contributed by atoms with Crippen LogP contribution < -0.4 is 10.6 Å². The van der Waals surface area contributed by atoms with E-state index in [9.17, 15) is 4.79 Å². The van der Waals surface area contributed by atoms with Gasteiger partial charge in [-0.2, -0.15) is 0 Å². The molecule has 1 saturated carbocycles. The lowest BCUT2D eigenvalue weighted by Crippen LogP contribution is -2.52. The highest BCUT2D eigenvalue weighted by atomic mass is 16.5. The van der Waals surface area contributed by atoms with Crippen molar-refractivity contribution in [1.29, 1.82) is 0 Å². The molecule has 0 bridgehead atoms. The zero-order chi connectivity index (χ0) is 9.97. The van der Waals surface area contributed by atoms with Crippen LogP contribution in [0.4, 0.5) is 0 Å². The lowest BCUT2D eigenvalue weighted by Gasteiger charge is -2.35. The van der Waals surface area contributed by atoms with Crippen molar-refractivity contribution < 1.29 is 9.53 Å². The summed E-state index contributed by atoms with van der Waals surface area (Å²) in [5, 5.41) is 6.23. The second-order valence-corrected chi connectivity index (χ2v) is 4.18. The summed E-state index contributed by atoms with van der Waals surface area (Å²) in [6, 6.07) is 0.395. The third-order valence-electron chi connectivity index (χ3n) is 3.15. The fraction of sp³-hybridized carbons (Fsp3) is 0.900. The summed E-state index contributed by atoms with van der Waals surface area (Å²) < 4.78 is 5.16. The molecule has 1 amide bonds. The molecule has 2 N–H and O–H groups in total. The number of hydrogen-bond donors (Lipinski definition) is 2. The fourth-order valence-electron chi connectivity index (χ4n) is 2.09. The molecule has 0 radical (unpaired) electrons. The van der Waals surface area contributed by atoms with Gasteiger partial charge in [0.05, 0.1) is 12.1 Å². The summed E-state index contributed by atoms with van der Waals surface area (Å²) in [7, 11) is 1.72. The summed E-state index contributed by atoms with van der Waals surface area (Å²) in [6.45, 7) is 0.976. The first kappa shape index (κ1) is 9.93. The van der Waals surface area contributed by atoms with E-state index in [4.69, 9.17) is 4.74 Å². The molecule has 2 aliphatic rings. The zero-order valence-corrected chi connectivity index (χ0v) is 8.58. The Hall–Kier alpha value is -0.610. The van der Waals surface area contributed by atoms with Gasteiger partial charge in [-0.3, -0.25) is 4.79 Å². The van der Waals surface area contributed by atoms with Crippen molar-refractivity contribution in [2.45, 2.75) is 43.9 Å². The second-order valence-electron chi connectivity index (χ2n) is 4.18. The summed E-state index contributed by atoms with van der Waals surface area (Å²) in [6.07, 6.45) is 4.39. The molecule has 0 aromatic heterocycles. The summed E-state index contributed by atoms with van der Waals surface area (Å²) in [5.74, 6) is 0.169. The number of amides is 1. The van der Waals surface area contributed by atoms with Crippen LogP contribution in [0.25, 0.3) is 0 Å². The van der Waals surface area contributed by atoms with Gasteiger partial charge in [-0.05, 0) is 32.2 Å². The second kappa shape index (κ2) is 4.28. The lowest BCUT2D eigenvalue weighted by molar-refractivity contribution is -0.125. The van der Waals surface area contributed by atoms with Crippen LogP contribution in [0.15, 0.2) is 0 Å².